The first kappa shape index (κ1) is 11.9. The lowest BCUT2D eigenvalue weighted by Gasteiger charge is -2.08. The van der Waals surface area contributed by atoms with Crippen molar-refractivity contribution >= 4 is 42.3 Å². The van der Waals surface area contributed by atoms with Crippen LogP contribution in [0.2, 0.25) is 0 Å². The predicted molar refractivity (Wildman–Crippen MR) is 89.5 cm³/mol. The molecule has 0 saturated heterocycles. The molecular formula is C18H15NS. The molecule has 2 heteroatoms. The smallest absolute Gasteiger partial charge is 0.0437 e. The fourth-order valence-corrected chi connectivity index (χ4v) is 4.31. The van der Waals surface area contributed by atoms with Crippen LogP contribution in [0.15, 0.2) is 48.5 Å². The van der Waals surface area contributed by atoms with Crippen molar-refractivity contribution in [2.45, 2.75) is 13.5 Å². The molecule has 0 unspecified atom stereocenters. The van der Waals surface area contributed by atoms with Crippen molar-refractivity contribution in [1.82, 2.24) is 0 Å². The predicted octanol–water partition coefficient (Wildman–Crippen LogP) is 4.97. The van der Waals surface area contributed by atoms with Gasteiger partial charge in [-0.2, -0.15) is 0 Å². The van der Waals surface area contributed by atoms with Gasteiger partial charge in [-0.15, -0.1) is 11.3 Å². The van der Waals surface area contributed by atoms with Gasteiger partial charge in [0.2, 0.25) is 0 Å². The number of benzene rings is 3. The van der Waals surface area contributed by atoms with E-state index in [4.69, 9.17) is 5.73 Å². The van der Waals surface area contributed by atoms with Crippen LogP contribution in [0.25, 0.3) is 30.9 Å². The van der Waals surface area contributed by atoms with E-state index in [1.807, 2.05) is 11.3 Å². The van der Waals surface area contributed by atoms with E-state index in [1.54, 1.807) is 0 Å². The third-order valence-corrected chi connectivity index (χ3v) is 5.23. The first-order valence-electron chi connectivity index (χ1n) is 6.82. The minimum atomic E-state index is 0.585. The highest BCUT2D eigenvalue weighted by Gasteiger charge is 2.12. The molecule has 20 heavy (non-hydrogen) atoms. The van der Waals surface area contributed by atoms with E-state index in [0.717, 1.165) is 0 Å². The van der Waals surface area contributed by atoms with Crippen LogP contribution in [-0.2, 0) is 6.54 Å². The number of aryl methyl sites for hydroxylation is 1. The molecule has 4 aromatic rings. The SMILES string of the molecule is Cc1cccc2c1cc(CN)c1c3ccccc3sc21. The third-order valence-electron chi connectivity index (χ3n) is 4.02. The zero-order valence-corrected chi connectivity index (χ0v) is 12.1. The van der Waals surface area contributed by atoms with Gasteiger partial charge in [-0.1, -0.05) is 36.4 Å². The van der Waals surface area contributed by atoms with Gasteiger partial charge in [0.25, 0.3) is 0 Å². The van der Waals surface area contributed by atoms with E-state index in [9.17, 15) is 0 Å². The summed E-state index contributed by atoms with van der Waals surface area (Å²) in [5.74, 6) is 0. The highest BCUT2D eigenvalue weighted by atomic mass is 32.1. The van der Waals surface area contributed by atoms with Crippen molar-refractivity contribution in [3.8, 4) is 0 Å². The number of hydrogen-bond acceptors (Lipinski definition) is 2. The van der Waals surface area contributed by atoms with E-state index < -0.39 is 0 Å². The summed E-state index contributed by atoms with van der Waals surface area (Å²) >= 11 is 1.87. The van der Waals surface area contributed by atoms with Gasteiger partial charge in [0.05, 0.1) is 0 Å². The minimum absolute atomic E-state index is 0.585. The average molecular weight is 277 g/mol. The van der Waals surface area contributed by atoms with Gasteiger partial charge in [-0.25, -0.2) is 0 Å². The van der Waals surface area contributed by atoms with Crippen molar-refractivity contribution in [3.63, 3.8) is 0 Å². The topological polar surface area (TPSA) is 26.0 Å². The molecule has 0 aliphatic carbocycles. The van der Waals surface area contributed by atoms with E-state index in [0.29, 0.717) is 6.54 Å². The number of nitrogens with two attached hydrogens (primary N) is 1. The zero-order chi connectivity index (χ0) is 13.7. The molecule has 98 valence electrons. The molecule has 2 N–H and O–H groups in total. The Morgan fingerprint density at radius 2 is 1.75 bits per heavy atom. The Hall–Kier alpha value is -1.90. The zero-order valence-electron chi connectivity index (χ0n) is 11.3. The highest BCUT2D eigenvalue weighted by molar-refractivity contribution is 7.26. The Labute approximate surface area is 121 Å². The molecule has 0 aliphatic heterocycles. The molecule has 0 atom stereocenters. The minimum Gasteiger partial charge on any atom is -0.326 e. The Bertz CT molecular complexity index is 950. The van der Waals surface area contributed by atoms with Crippen LogP contribution in [0.4, 0.5) is 0 Å². The van der Waals surface area contributed by atoms with Crippen LogP contribution in [0, 0.1) is 6.92 Å². The van der Waals surface area contributed by atoms with Crippen molar-refractivity contribution in [2.24, 2.45) is 5.73 Å². The molecule has 3 aromatic carbocycles. The van der Waals surface area contributed by atoms with Crippen molar-refractivity contribution < 1.29 is 0 Å². The van der Waals surface area contributed by atoms with Gasteiger partial charge in [-0.05, 0) is 41.0 Å². The highest BCUT2D eigenvalue weighted by Crippen LogP contribution is 2.40. The summed E-state index contributed by atoms with van der Waals surface area (Å²) in [7, 11) is 0. The molecular weight excluding hydrogens is 262 g/mol. The summed E-state index contributed by atoms with van der Waals surface area (Å²) in [5, 5.41) is 5.34. The van der Waals surface area contributed by atoms with Crippen molar-refractivity contribution in [3.05, 3.63) is 59.7 Å². The molecule has 0 amide bonds. The van der Waals surface area contributed by atoms with E-state index in [2.05, 4.69) is 55.5 Å². The summed E-state index contributed by atoms with van der Waals surface area (Å²) in [4.78, 5) is 0. The summed E-state index contributed by atoms with van der Waals surface area (Å²) in [6.45, 7) is 2.75. The van der Waals surface area contributed by atoms with Gasteiger partial charge in [0.1, 0.15) is 0 Å². The molecule has 1 aromatic heterocycles. The van der Waals surface area contributed by atoms with Crippen LogP contribution in [0.1, 0.15) is 11.1 Å². The van der Waals surface area contributed by atoms with Gasteiger partial charge < -0.3 is 5.73 Å². The number of rotatable bonds is 1. The maximum absolute atomic E-state index is 6.01. The third kappa shape index (κ3) is 1.52. The summed E-state index contributed by atoms with van der Waals surface area (Å²) in [5.41, 5.74) is 8.58. The van der Waals surface area contributed by atoms with Gasteiger partial charge in [-0.3, -0.25) is 0 Å². The molecule has 0 radical (unpaired) electrons. The Balaban J connectivity index is 2.34. The van der Waals surface area contributed by atoms with Gasteiger partial charge in [0.15, 0.2) is 0 Å². The van der Waals surface area contributed by atoms with Gasteiger partial charge in [0, 0.05) is 26.7 Å². The fourth-order valence-electron chi connectivity index (χ4n) is 3.03. The quantitative estimate of drug-likeness (QED) is 0.522. The summed E-state index contributed by atoms with van der Waals surface area (Å²) in [6.07, 6.45) is 0. The Morgan fingerprint density at radius 1 is 0.950 bits per heavy atom. The molecule has 0 fully saturated rings. The summed E-state index contributed by atoms with van der Waals surface area (Å²) in [6, 6.07) is 17.4. The van der Waals surface area contributed by atoms with Crippen LogP contribution >= 0.6 is 11.3 Å². The van der Waals surface area contributed by atoms with Crippen molar-refractivity contribution in [2.75, 3.05) is 0 Å². The second-order valence-electron chi connectivity index (χ2n) is 5.21. The lowest BCUT2D eigenvalue weighted by atomic mass is 9.98. The van der Waals surface area contributed by atoms with Crippen molar-refractivity contribution in [1.29, 1.82) is 0 Å². The molecule has 4 rings (SSSR count). The van der Waals surface area contributed by atoms with E-state index in [-0.39, 0.29) is 0 Å². The summed E-state index contributed by atoms with van der Waals surface area (Å²) < 4.78 is 2.71. The Kier molecular flexibility index (Phi) is 2.56. The average Bonchev–Trinajstić information content (AvgIpc) is 2.87. The van der Waals surface area contributed by atoms with E-state index in [1.165, 1.54) is 42.1 Å². The second-order valence-corrected chi connectivity index (χ2v) is 6.26. The largest absolute Gasteiger partial charge is 0.326 e. The molecule has 0 saturated carbocycles. The number of hydrogen-bond donors (Lipinski definition) is 1. The molecule has 1 heterocycles. The lowest BCUT2D eigenvalue weighted by molar-refractivity contribution is 1.09. The van der Waals surface area contributed by atoms with Crippen LogP contribution < -0.4 is 5.73 Å². The van der Waals surface area contributed by atoms with Crippen LogP contribution in [0.5, 0.6) is 0 Å². The van der Waals surface area contributed by atoms with E-state index >= 15 is 0 Å². The normalized spacial score (nSPS) is 11.7. The fraction of sp³-hybridized carbons (Fsp3) is 0.111. The monoisotopic (exact) mass is 277 g/mol. The standard InChI is InChI=1S/C18H15NS/c1-11-5-4-7-13-15(11)9-12(10-19)17-14-6-2-3-8-16(14)20-18(13)17/h2-9H,10,19H2,1H3. The first-order chi connectivity index (χ1) is 9.79. The number of thiophene rings is 1. The van der Waals surface area contributed by atoms with Crippen LogP contribution in [-0.4, -0.2) is 0 Å². The molecule has 0 aliphatic rings. The lowest BCUT2D eigenvalue weighted by Crippen LogP contribution is -1.97. The second kappa shape index (κ2) is 4.30. The maximum Gasteiger partial charge on any atom is 0.0437 e. The van der Waals surface area contributed by atoms with Crippen LogP contribution in [0.3, 0.4) is 0 Å². The molecule has 1 nitrogen and oxygen atoms in total. The van der Waals surface area contributed by atoms with Gasteiger partial charge >= 0.3 is 0 Å². The Morgan fingerprint density at radius 3 is 2.60 bits per heavy atom. The number of fused-ring (bicyclic) bond motifs is 5. The first-order valence-corrected chi connectivity index (χ1v) is 7.64. The maximum atomic E-state index is 6.01. The molecule has 0 spiro atoms. The molecule has 0 bridgehead atoms.